The molecular formula is C11H19N5O. The van der Waals surface area contributed by atoms with Crippen LogP contribution < -0.4 is 5.73 Å². The number of aromatic nitrogens is 2. The Morgan fingerprint density at radius 3 is 2.65 bits per heavy atom. The average molecular weight is 237 g/mol. The molecule has 0 bridgehead atoms. The van der Waals surface area contributed by atoms with Crippen LogP contribution >= 0.6 is 0 Å². The van der Waals surface area contributed by atoms with Crippen LogP contribution in [0.2, 0.25) is 0 Å². The van der Waals surface area contributed by atoms with E-state index < -0.39 is 0 Å². The van der Waals surface area contributed by atoms with Gasteiger partial charge in [-0.3, -0.25) is 4.90 Å². The first kappa shape index (κ1) is 13.4. The van der Waals surface area contributed by atoms with Crippen LogP contribution in [0.15, 0.2) is 23.6 Å². The number of amidine groups is 1. The lowest BCUT2D eigenvalue weighted by atomic mass is 10.2. The number of nitrogens with two attached hydrogens (primary N) is 1. The Morgan fingerprint density at radius 1 is 1.47 bits per heavy atom. The maximum Gasteiger partial charge on any atom is 0.142 e. The standard InChI is InChI=1S/C11H19N5O/c1-9(2)16(7-4-10(12)15-17)8-11-13-5-3-6-14-11/h3,5-6,9,17H,4,7-8H2,1-2H3,(H2,12,15). The molecule has 1 aromatic heterocycles. The Kier molecular flexibility index (Phi) is 5.35. The molecule has 0 amide bonds. The largest absolute Gasteiger partial charge is 0.409 e. The second-order valence-corrected chi connectivity index (χ2v) is 4.07. The third-order valence-corrected chi connectivity index (χ3v) is 2.48. The van der Waals surface area contributed by atoms with Crippen molar-refractivity contribution >= 4 is 5.84 Å². The second-order valence-electron chi connectivity index (χ2n) is 4.07. The van der Waals surface area contributed by atoms with Crippen molar-refractivity contribution in [2.24, 2.45) is 10.9 Å². The Hall–Kier alpha value is -1.69. The van der Waals surface area contributed by atoms with Gasteiger partial charge in [-0.05, 0) is 19.9 Å². The van der Waals surface area contributed by atoms with Gasteiger partial charge in [0, 0.05) is 31.4 Å². The molecule has 0 fully saturated rings. The van der Waals surface area contributed by atoms with E-state index in [2.05, 4.69) is 33.9 Å². The predicted octanol–water partition coefficient (Wildman–Crippen LogP) is 0.823. The van der Waals surface area contributed by atoms with Crippen LogP contribution in [0.3, 0.4) is 0 Å². The smallest absolute Gasteiger partial charge is 0.142 e. The van der Waals surface area contributed by atoms with Gasteiger partial charge in [0.2, 0.25) is 0 Å². The highest BCUT2D eigenvalue weighted by Crippen LogP contribution is 2.04. The van der Waals surface area contributed by atoms with Crippen LogP contribution in [0.4, 0.5) is 0 Å². The SMILES string of the molecule is CC(C)N(CCC(N)=NO)Cc1ncccn1. The lowest BCUT2D eigenvalue weighted by Crippen LogP contribution is -2.34. The fourth-order valence-electron chi connectivity index (χ4n) is 1.42. The van der Waals surface area contributed by atoms with Gasteiger partial charge in [0.05, 0.1) is 6.54 Å². The summed E-state index contributed by atoms with van der Waals surface area (Å²) in [6.45, 7) is 5.56. The van der Waals surface area contributed by atoms with Gasteiger partial charge in [-0.15, -0.1) is 0 Å². The lowest BCUT2D eigenvalue weighted by Gasteiger charge is -2.25. The summed E-state index contributed by atoms with van der Waals surface area (Å²) in [7, 11) is 0. The number of oxime groups is 1. The topological polar surface area (TPSA) is 87.6 Å². The highest BCUT2D eigenvalue weighted by molar-refractivity contribution is 5.79. The van der Waals surface area contributed by atoms with Crippen LogP contribution in [0.1, 0.15) is 26.1 Å². The molecule has 6 heteroatoms. The summed E-state index contributed by atoms with van der Waals surface area (Å²) in [6, 6.07) is 2.14. The van der Waals surface area contributed by atoms with Crippen molar-refractivity contribution in [1.82, 2.24) is 14.9 Å². The fourth-order valence-corrected chi connectivity index (χ4v) is 1.42. The molecule has 0 spiro atoms. The zero-order chi connectivity index (χ0) is 12.7. The molecule has 1 rings (SSSR count). The van der Waals surface area contributed by atoms with Crippen molar-refractivity contribution in [1.29, 1.82) is 0 Å². The normalized spacial score (nSPS) is 12.4. The van der Waals surface area contributed by atoms with E-state index >= 15 is 0 Å². The Labute approximate surface area is 101 Å². The second kappa shape index (κ2) is 6.80. The van der Waals surface area contributed by atoms with E-state index in [1.54, 1.807) is 18.5 Å². The van der Waals surface area contributed by atoms with E-state index in [1.165, 1.54) is 0 Å². The third-order valence-electron chi connectivity index (χ3n) is 2.48. The summed E-state index contributed by atoms with van der Waals surface area (Å²) in [4.78, 5) is 10.5. The van der Waals surface area contributed by atoms with Crippen LogP contribution in [-0.2, 0) is 6.54 Å². The molecule has 0 unspecified atom stereocenters. The van der Waals surface area contributed by atoms with Crippen molar-refractivity contribution in [2.45, 2.75) is 32.9 Å². The number of rotatable bonds is 6. The first-order valence-corrected chi connectivity index (χ1v) is 5.60. The van der Waals surface area contributed by atoms with Crippen molar-refractivity contribution < 1.29 is 5.21 Å². The van der Waals surface area contributed by atoms with Crippen molar-refractivity contribution in [3.05, 3.63) is 24.3 Å². The minimum absolute atomic E-state index is 0.240. The summed E-state index contributed by atoms with van der Waals surface area (Å²) in [6.07, 6.45) is 3.98. The molecule has 0 saturated heterocycles. The first-order valence-electron chi connectivity index (χ1n) is 5.60. The summed E-state index contributed by atoms with van der Waals surface area (Å²) < 4.78 is 0. The predicted molar refractivity (Wildman–Crippen MR) is 65.6 cm³/mol. The van der Waals surface area contributed by atoms with E-state index in [0.29, 0.717) is 25.6 Å². The maximum atomic E-state index is 8.50. The molecule has 0 radical (unpaired) electrons. The maximum absolute atomic E-state index is 8.50. The van der Waals surface area contributed by atoms with Crippen LogP contribution in [0, 0.1) is 0 Å². The van der Waals surface area contributed by atoms with Crippen LogP contribution in [0.5, 0.6) is 0 Å². The molecule has 0 aromatic carbocycles. The zero-order valence-electron chi connectivity index (χ0n) is 10.2. The van der Waals surface area contributed by atoms with Gasteiger partial charge < -0.3 is 10.9 Å². The highest BCUT2D eigenvalue weighted by atomic mass is 16.4. The van der Waals surface area contributed by atoms with Gasteiger partial charge in [-0.25, -0.2) is 9.97 Å². The summed E-state index contributed by atoms with van der Waals surface area (Å²) in [5, 5.41) is 11.5. The Bertz CT molecular complexity index is 352. The van der Waals surface area contributed by atoms with Gasteiger partial charge in [0.15, 0.2) is 0 Å². The molecule has 94 valence electrons. The molecule has 0 aliphatic rings. The Balaban J connectivity index is 2.55. The van der Waals surface area contributed by atoms with Gasteiger partial charge in [0.1, 0.15) is 11.7 Å². The monoisotopic (exact) mass is 237 g/mol. The summed E-state index contributed by atoms with van der Waals surface area (Å²) in [5.74, 6) is 1.02. The van der Waals surface area contributed by atoms with Crippen molar-refractivity contribution in [2.75, 3.05) is 6.54 Å². The molecule has 0 aliphatic heterocycles. The van der Waals surface area contributed by atoms with Gasteiger partial charge >= 0.3 is 0 Å². The number of hydrogen-bond acceptors (Lipinski definition) is 5. The van der Waals surface area contributed by atoms with Gasteiger partial charge in [0.25, 0.3) is 0 Å². The highest BCUT2D eigenvalue weighted by Gasteiger charge is 2.11. The minimum Gasteiger partial charge on any atom is -0.409 e. The van der Waals surface area contributed by atoms with E-state index in [1.807, 2.05) is 0 Å². The van der Waals surface area contributed by atoms with E-state index in [4.69, 9.17) is 10.9 Å². The fraction of sp³-hybridized carbons (Fsp3) is 0.545. The summed E-state index contributed by atoms with van der Waals surface area (Å²) in [5.41, 5.74) is 5.46. The molecule has 0 atom stereocenters. The van der Waals surface area contributed by atoms with Crippen LogP contribution in [0.25, 0.3) is 0 Å². The third kappa shape index (κ3) is 4.78. The first-order chi connectivity index (χ1) is 8.13. The van der Waals surface area contributed by atoms with Crippen molar-refractivity contribution in [3.8, 4) is 0 Å². The molecule has 0 aliphatic carbocycles. The zero-order valence-corrected chi connectivity index (χ0v) is 10.2. The lowest BCUT2D eigenvalue weighted by molar-refractivity contribution is 0.212. The molecule has 3 N–H and O–H groups in total. The van der Waals surface area contributed by atoms with Gasteiger partial charge in [-0.1, -0.05) is 5.16 Å². The van der Waals surface area contributed by atoms with Crippen molar-refractivity contribution in [3.63, 3.8) is 0 Å². The molecule has 1 aromatic rings. The van der Waals surface area contributed by atoms with E-state index in [0.717, 1.165) is 5.82 Å². The minimum atomic E-state index is 0.240. The van der Waals surface area contributed by atoms with E-state index in [9.17, 15) is 0 Å². The Morgan fingerprint density at radius 2 is 2.12 bits per heavy atom. The van der Waals surface area contributed by atoms with Gasteiger partial charge in [-0.2, -0.15) is 0 Å². The molecule has 1 heterocycles. The van der Waals surface area contributed by atoms with Crippen LogP contribution in [-0.4, -0.2) is 38.5 Å². The number of hydrogen-bond donors (Lipinski definition) is 2. The number of nitrogens with zero attached hydrogens (tertiary/aromatic N) is 4. The summed E-state index contributed by atoms with van der Waals surface area (Å²) >= 11 is 0. The molecular weight excluding hydrogens is 218 g/mol. The molecule has 17 heavy (non-hydrogen) atoms. The quantitative estimate of drug-likeness (QED) is 0.331. The molecule has 6 nitrogen and oxygen atoms in total. The van der Waals surface area contributed by atoms with E-state index in [-0.39, 0.29) is 5.84 Å². The molecule has 0 saturated carbocycles. The average Bonchev–Trinajstić information content (AvgIpc) is 2.34.